The number of ether oxygens (including phenoxy) is 2. The molecule has 1 heterocycles. The van der Waals surface area contributed by atoms with Crippen molar-refractivity contribution in [3.8, 4) is 0 Å². The third-order valence-electron chi connectivity index (χ3n) is 5.12. The van der Waals surface area contributed by atoms with E-state index in [9.17, 15) is 14.4 Å². The van der Waals surface area contributed by atoms with Gasteiger partial charge in [-0.25, -0.2) is 4.79 Å². The molecule has 0 bridgehead atoms. The van der Waals surface area contributed by atoms with Crippen LogP contribution < -0.4 is 0 Å². The van der Waals surface area contributed by atoms with Crippen LogP contribution in [0.15, 0.2) is 16.7 Å². The van der Waals surface area contributed by atoms with E-state index in [0.29, 0.717) is 25.0 Å². The number of hydrogen-bond acceptors (Lipinski definition) is 5. The highest BCUT2D eigenvalue weighted by atomic mass is 16.6. The normalized spacial score (nSPS) is 16.0. The zero-order valence-electron chi connectivity index (χ0n) is 18.4. The predicted molar refractivity (Wildman–Crippen MR) is 112 cm³/mol. The summed E-state index contributed by atoms with van der Waals surface area (Å²) in [7, 11) is 1.34. The lowest BCUT2D eigenvalue weighted by molar-refractivity contribution is -0.140. The summed E-state index contributed by atoms with van der Waals surface area (Å²) in [5, 5.41) is 0. The largest absolute Gasteiger partial charge is 0.469 e. The number of hydrogen-bond donors (Lipinski definition) is 1. The molecule has 6 heteroatoms. The van der Waals surface area contributed by atoms with Crippen molar-refractivity contribution >= 4 is 23.8 Å². The third-order valence-corrected chi connectivity index (χ3v) is 5.12. The van der Waals surface area contributed by atoms with Gasteiger partial charge in [0.2, 0.25) is 0 Å². The van der Waals surface area contributed by atoms with Crippen LogP contribution >= 0.6 is 0 Å². The second-order valence-electron chi connectivity index (χ2n) is 8.32. The minimum Gasteiger partial charge on any atom is -0.469 e. The number of carbonyl (C=O) groups excluding carboxylic acids is 3. The van der Waals surface area contributed by atoms with Crippen LogP contribution in [0.3, 0.4) is 0 Å². The molecule has 2 rings (SSSR count). The van der Waals surface area contributed by atoms with E-state index in [2.05, 4.69) is 4.98 Å². The number of allylic oxidation sites excluding steroid dienone is 3. The van der Waals surface area contributed by atoms with E-state index in [4.69, 9.17) is 9.47 Å². The van der Waals surface area contributed by atoms with Crippen molar-refractivity contribution in [3.63, 3.8) is 0 Å². The van der Waals surface area contributed by atoms with Gasteiger partial charge in [-0.3, -0.25) is 9.59 Å². The highest BCUT2D eigenvalue weighted by molar-refractivity contribution is 6.03. The molecule has 1 aromatic heterocycles. The van der Waals surface area contributed by atoms with Crippen LogP contribution in [-0.4, -0.2) is 35.4 Å². The monoisotopic (exact) mass is 401 g/mol. The van der Waals surface area contributed by atoms with Crippen LogP contribution in [-0.2, 0) is 25.5 Å². The molecule has 0 radical (unpaired) electrons. The summed E-state index contributed by atoms with van der Waals surface area (Å²) >= 11 is 0. The summed E-state index contributed by atoms with van der Waals surface area (Å²) in [4.78, 5) is 39.8. The molecule has 0 fully saturated rings. The zero-order valence-corrected chi connectivity index (χ0v) is 18.4. The molecule has 0 spiro atoms. The standard InChI is InChI=1S/C23H31NO5/c1-8-16-13(2)15(12-19(16)25)11-18-14(3)17(9-10-20(26)28-7)21(24-18)22(27)29-23(4,5)6/h11,24H,8-10,12H2,1-7H3/b15-11-. The first-order valence-electron chi connectivity index (χ1n) is 9.94. The molecule has 0 saturated heterocycles. The SMILES string of the molecule is CCC1=C(C)/C(=C\c2[nH]c(C(=O)OC(C)(C)C)c(CCC(=O)OC)c2C)CC1=O. The van der Waals surface area contributed by atoms with E-state index in [0.717, 1.165) is 33.5 Å². The van der Waals surface area contributed by atoms with Crippen molar-refractivity contribution in [1.29, 1.82) is 0 Å². The predicted octanol–water partition coefficient (Wildman–Crippen LogP) is 4.47. The number of esters is 2. The van der Waals surface area contributed by atoms with Crippen LogP contribution in [0.5, 0.6) is 0 Å². The summed E-state index contributed by atoms with van der Waals surface area (Å²) in [6.45, 7) is 11.3. The van der Waals surface area contributed by atoms with E-state index in [1.807, 2.05) is 47.6 Å². The minimum absolute atomic E-state index is 0.152. The van der Waals surface area contributed by atoms with Gasteiger partial charge in [-0.2, -0.15) is 0 Å². The van der Waals surface area contributed by atoms with Gasteiger partial charge in [-0.1, -0.05) is 6.92 Å². The number of aromatic amines is 1. The van der Waals surface area contributed by atoms with Crippen molar-refractivity contribution < 1.29 is 23.9 Å². The molecule has 1 N–H and O–H groups in total. The lowest BCUT2D eigenvalue weighted by Crippen LogP contribution is -2.24. The lowest BCUT2D eigenvalue weighted by Gasteiger charge is -2.19. The summed E-state index contributed by atoms with van der Waals surface area (Å²) in [5.41, 5.74) is 4.87. The Balaban J connectivity index is 2.48. The highest BCUT2D eigenvalue weighted by Gasteiger charge is 2.27. The average Bonchev–Trinajstić information content (AvgIpc) is 3.08. The van der Waals surface area contributed by atoms with Gasteiger partial charge in [-0.15, -0.1) is 0 Å². The Morgan fingerprint density at radius 1 is 1.21 bits per heavy atom. The van der Waals surface area contributed by atoms with Crippen LogP contribution in [0.2, 0.25) is 0 Å². The number of H-pyrrole nitrogens is 1. The van der Waals surface area contributed by atoms with E-state index < -0.39 is 11.6 Å². The number of ketones is 1. The Hall–Kier alpha value is -2.63. The van der Waals surface area contributed by atoms with Gasteiger partial charge in [0.25, 0.3) is 0 Å². The van der Waals surface area contributed by atoms with Gasteiger partial charge >= 0.3 is 11.9 Å². The first-order chi connectivity index (χ1) is 13.5. The second-order valence-corrected chi connectivity index (χ2v) is 8.32. The molecule has 6 nitrogen and oxygen atoms in total. The number of Topliss-reactive ketones (excluding diaryl/α,β-unsaturated/α-hetero) is 1. The Labute approximate surface area is 172 Å². The van der Waals surface area contributed by atoms with Crippen LogP contribution in [0, 0.1) is 6.92 Å². The molecular formula is C23H31NO5. The molecule has 1 aliphatic rings. The minimum atomic E-state index is -0.637. The van der Waals surface area contributed by atoms with Crippen LogP contribution in [0.4, 0.5) is 0 Å². The first-order valence-corrected chi connectivity index (χ1v) is 9.94. The molecule has 0 saturated carbocycles. The summed E-state index contributed by atoms with van der Waals surface area (Å²) in [6.07, 6.45) is 3.53. The Morgan fingerprint density at radius 3 is 2.38 bits per heavy atom. The van der Waals surface area contributed by atoms with E-state index in [-0.39, 0.29) is 18.2 Å². The maximum Gasteiger partial charge on any atom is 0.355 e. The second kappa shape index (κ2) is 8.80. The molecular weight excluding hydrogens is 370 g/mol. The quantitative estimate of drug-likeness (QED) is 0.711. The number of methoxy groups -OCH3 is 1. The number of rotatable bonds is 6. The molecule has 158 valence electrons. The number of aromatic nitrogens is 1. The molecule has 1 aliphatic carbocycles. The molecule has 0 unspecified atom stereocenters. The van der Waals surface area contributed by atoms with Crippen molar-refractivity contribution in [3.05, 3.63) is 39.2 Å². The lowest BCUT2D eigenvalue weighted by atomic mass is 10.0. The summed E-state index contributed by atoms with van der Waals surface area (Å²) < 4.78 is 10.3. The molecule has 0 aromatic carbocycles. The molecule has 0 aliphatic heterocycles. The fraction of sp³-hybridized carbons (Fsp3) is 0.522. The van der Waals surface area contributed by atoms with Gasteiger partial charge in [0, 0.05) is 18.5 Å². The molecule has 0 atom stereocenters. The fourth-order valence-corrected chi connectivity index (χ4v) is 3.55. The van der Waals surface area contributed by atoms with Crippen molar-refractivity contribution in [2.24, 2.45) is 0 Å². The van der Waals surface area contributed by atoms with Gasteiger partial charge in [0.1, 0.15) is 11.3 Å². The number of carbonyl (C=O) groups is 3. The Kier molecular flexibility index (Phi) is 6.88. The van der Waals surface area contributed by atoms with Crippen molar-refractivity contribution in [1.82, 2.24) is 4.98 Å². The third kappa shape index (κ3) is 5.25. The van der Waals surface area contributed by atoms with Crippen LogP contribution in [0.1, 0.15) is 81.2 Å². The van der Waals surface area contributed by atoms with Crippen molar-refractivity contribution in [2.45, 2.75) is 72.8 Å². The maximum absolute atomic E-state index is 12.8. The highest BCUT2D eigenvalue weighted by Crippen LogP contribution is 2.33. The maximum atomic E-state index is 12.8. The smallest absolute Gasteiger partial charge is 0.355 e. The zero-order chi connectivity index (χ0) is 21.9. The Bertz CT molecular complexity index is 893. The van der Waals surface area contributed by atoms with Gasteiger partial charge in [0.15, 0.2) is 5.78 Å². The van der Waals surface area contributed by atoms with Gasteiger partial charge < -0.3 is 14.5 Å². The summed E-state index contributed by atoms with van der Waals surface area (Å²) in [5.74, 6) is -0.652. The summed E-state index contributed by atoms with van der Waals surface area (Å²) in [6, 6.07) is 0. The van der Waals surface area contributed by atoms with E-state index >= 15 is 0 Å². The molecule has 0 amide bonds. The first kappa shape index (κ1) is 22.7. The fourth-order valence-electron chi connectivity index (χ4n) is 3.55. The number of nitrogens with one attached hydrogen (secondary N) is 1. The van der Waals surface area contributed by atoms with Gasteiger partial charge in [0.05, 0.1) is 7.11 Å². The van der Waals surface area contributed by atoms with Crippen molar-refractivity contribution in [2.75, 3.05) is 7.11 Å². The van der Waals surface area contributed by atoms with Gasteiger partial charge in [-0.05, 0) is 81.4 Å². The Morgan fingerprint density at radius 2 is 1.86 bits per heavy atom. The average molecular weight is 402 g/mol. The van der Waals surface area contributed by atoms with E-state index in [1.165, 1.54) is 7.11 Å². The molecule has 1 aromatic rings. The van der Waals surface area contributed by atoms with Crippen LogP contribution in [0.25, 0.3) is 6.08 Å². The topological polar surface area (TPSA) is 85.5 Å². The molecule has 29 heavy (non-hydrogen) atoms. The van der Waals surface area contributed by atoms with E-state index in [1.54, 1.807) is 0 Å².